The van der Waals surface area contributed by atoms with Crippen LogP contribution in [0, 0.1) is 10.1 Å². The molecule has 116 valence electrons. The molecule has 2 rings (SSSR count). The van der Waals surface area contributed by atoms with Gasteiger partial charge in [-0.25, -0.2) is 0 Å². The Balaban J connectivity index is 2.07. The smallest absolute Gasteiger partial charge is 0.272 e. The van der Waals surface area contributed by atoms with Crippen molar-refractivity contribution in [3.05, 3.63) is 75.3 Å². The van der Waals surface area contributed by atoms with E-state index in [-0.39, 0.29) is 17.4 Å². The lowest BCUT2D eigenvalue weighted by molar-refractivity contribution is -0.385. The normalized spacial score (nSPS) is 10.6. The number of nitrogens with zero attached hydrogens (tertiary/aromatic N) is 1. The molecule has 2 aromatic rings. The topological polar surface area (TPSA) is 61.6 Å². The Morgan fingerprint density at radius 2 is 1.55 bits per heavy atom. The molecule has 0 unspecified atom stereocenters. The van der Waals surface area contributed by atoms with Crippen LogP contribution in [0.1, 0.15) is 16.7 Å². The number of benzene rings is 2. The summed E-state index contributed by atoms with van der Waals surface area (Å²) in [5.74, 6) is 0. The van der Waals surface area contributed by atoms with E-state index in [1.807, 2.05) is 36.4 Å². The maximum atomic E-state index is 11.0. The molecule has 0 saturated carbocycles. The molecule has 5 nitrogen and oxygen atoms in total. The van der Waals surface area contributed by atoms with E-state index in [4.69, 9.17) is 9.47 Å². The maximum absolute atomic E-state index is 11.0. The molecule has 0 N–H and O–H groups in total. The first kappa shape index (κ1) is 16.1. The minimum atomic E-state index is -0.330. The summed E-state index contributed by atoms with van der Waals surface area (Å²) in [5, 5.41) is 11.0. The van der Waals surface area contributed by atoms with E-state index >= 15 is 0 Å². The van der Waals surface area contributed by atoms with Crippen LogP contribution < -0.4 is 0 Å². The Hall–Kier alpha value is -2.24. The summed E-state index contributed by atoms with van der Waals surface area (Å²) in [6.07, 6.45) is 1.36. The zero-order chi connectivity index (χ0) is 15.8. The molecule has 0 aliphatic rings. The summed E-state index contributed by atoms with van der Waals surface area (Å²) < 4.78 is 10.3. The van der Waals surface area contributed by atoms with Gasteiger partial charge in [-0.15, -0.1) is 0 Å². The van der Waals surface area contributed by atoms with E-state index in [0.29, 0.717) is 13.0 Å². The van der Waals surface area contributed by atoms with Gasteiger partial charge >= 0.3 is 0 Å². The number of para-hydroxylation sites is 1. The molecular weight excluding hydrogens is 282 g/mol. The van der Waals surface area contributed by atoms with Crippen molar-refractivity contribution in [2.24, 2.45) is 0 Å². The molecular formula is C17H19NO4. The van der Waals surface area contributed by atoms with Gasteiger partial charge in [0.1, 0.15) is 6.79 Å². The fraction of sp³-hybridized carbons (Fsp3) is 0.294. The number of aryl methyl sites for hydroxylation is 2. The molecule has 0 spiro atoms. The highest BCUT2D eigenvalue weighted by Gasteiger charge is 2.12. The average molecular weight is 301 g/mol. The molecule has 0 bridgehead atoms. The summed E-state index contributed by atoms with van der Waals surface area (Å²) in [7, 11) is 1.58. The number of nitro benzene ring substituents is 1. The molecule has 0 amide bonds. The highest BCUT2D eigenvalue weighted by Crippen LogP contribution is 2.21. The van der Waals surface area contributed by atoms with Gasteiger partial charge in [-0.05, 0) is 24.0 Å². The van der Waals surface area contributed by atoms with E-state index in [1.165, 1.54) is 0 Å². The Morgan fingerprint density at radius 1 is 0.955 bits per heavy atom. The quantitative estimate of drug-likeness (QED) is 0.324. The van der Waals surface area contributed by atoms with Crippen molar-refractivity contribution in [3.8, 4) is 0 Å². The van der Waals surface area contributed by atoms with Gasteiger partial charge in [-0.3, -0.25) is 10.1 Å². The lowest BCUT2D eigenvalue weighted by Gasteiger charge is -2.10. The summed E-state index contributed by atoms with van der Waals surface area (Å²) in [6, 6.07) is 14.8. The van der Waals surface area contributed by atoms with Crippen LogP contribution in [0.15, 0.2) is 48.5 Å². The van der Waals surface area contributed by atoms with Crippen LogP contribution in [0.5, 0.6) is 0 Å². The van der Waals surface area contributed by atoms with Crippen molar-refractivity contribution in [3.63, 3.8) is 0 Å². The van der Waals surface area contributed by atoms with Crippen LogP contribution in [0.4, 0.5) is 5.69 Å². The minimum Gasteiger partial charge on any atom is -0.359 e. The summed E-state index contributed by atoms with van der Waals surface area (Å²) in [6.45, 7) is 0.722. The Kier molecular flexibility index (Phi) is 6.06. The molecule has 0 atom stereocenters. The van der Waals surface area contributed by atoms with Gasteiger partial charge in [0.15, 0.2) is 0 Å². The van der Waals surface area contributed by atoms with Crippen molar-refractivity contribution in [2.45, 2.75) is 19.4 Å². The number of rotatable bonds is 8. The highest BCUT2D eigenvalue weighted by molar-refractivity contribution is 5.40. The Labute approximate surface area is 129 Å². The summed E-state index contributed by atoms with van der Waals surface area (Å²) in [4.78, 5) is 10.7. The van der Waals surface area contributed by atoms with Crippen LogP contribution >= 0.6 is 0 Å². The van der Waals surface area contributed by atoms with Gasteiger partial charge < -0.3 is 9.47 Å². The first-order valence-corrected chi connectivity index (χ1v) is 7.08. The largest absolute Gasteiger partial charge is 0.359 e. The highest BCUT2D eigenvalue weighted by atomic mass is 16.7. The van der Waals surface area contributed by atoms with Crippen LogP contribution in [0.25, 0.3) is 0 Å². The lowest BCUT2D eigenvalue weighted by atomic mass is 9.99. The van der Waals surface area contributed by atoms with Crippen LogP contribution in [0.2, 0.25) is 0 Å². The first-order chi connectivity index (χ1) is 10.7. The van der Waals surface area contributed by atoms with Crippen LogP contribution in [-0.2, 0) is 28.9 Å². The number of ether oxygens (including phenoxy) is 2. The molecule has 5 heteroatoms. The summed E-state index contributed by atoms with van der Waals surface area (Å²) in [5.41, 5.74) is 3.14. The standard InChI is InChI=1S/C17H19NO4/c1-21-13-22-12-16-8-3-2-6-14(16)10-11-15-7-4-5-9-17(15)18(19)20/h2-9H,10-13H2,1H3. The lowest BCUT2D eigenvalue weighted by Crippen LogP contribution is -2.03. The zero-order valence-corrected chi connectivity index (χ0v) is 12.5. The third-order valence-corrected chi connectivity index (χ3v) is 3.43. The number of methoxy groups -OCH3 is 1. The van der Waals surface area contributed by atoms with Gasteiger partial charge in [0.2, 0.25) is 0 Å². The maximum Gasteiger partial charge on any atom is 0.272 e. The second-order valence-corrected chi connectivity index (χ2v) is 4.91. The van der Waals surface area contributed by atoms with E-state index in [9.17, 15) is 10.1 Å². The fourth-order valence-electron chi connectivity index (χ4n) is 2.35. The van der Waals surface area contributed by atoms with E-state index < -0.39 is 0 Å². The monoisotopic (exact) mass is 301 g/mol. The zero-order valence-electron chi connectivity index (χ0n) is 12.5. The van der Waals surface area contributed by atoms with Crippen molar-refractivity contribution >= 4 is 5.69 Å². The van der Waals surface area contributed by atoms with Crippen LogP contribution in [0.3, 0.4) is 0 Å². The van der Waals surface area contributed by atoms with Gasteiger partial charge in [-0.2, -0.15) is 0 Å². The predicted molar refractivity (Wildman–Crippen MR) is 83.6 cm³/mol. The van der Waals surface area contributed by atoms with E-state index in [0.717, 1.165) is 23.1 Å². The molecule has 0 aliphatic heterocycles. The molecule has 22 heavy (non-hydrogen) atoms. The second-order valence-electron chi connectivity index (χ2n) is 4.91. The third-order valence-electron chi connectivity index (χ3n) is 3.43. The molecule has 2 aromatic carbocycles. The summed E-state index contributed by atoms with van der Waals surface area (Å²) >= 11 is 0. The van der Waals surface area contributed by atoms with E-state index in [2.05, 4.69) is 0 Å². The fourth-order valence-corrected chi connectivity index (χ4v) is 2.35. The molecule has 0 aromatic heterocycles. The molecule has 0 fully saturated rings. The second kappa shape index (κ2) is 8.26. The van der Waals surface area contributed by atoms with Gasteiger partial charge in [0, 0.05) is 18.7 Å². The van der Waals surface area contributed by atoms with Crippen molar-refractivity contribution in [2.75, 3.05) is 13.9 Å². The minimum absolute atomic E-state index is 0.176. The first-order valence-electron chi connectivity index (χ1n) is 7.08. The number of nitro groups is 1. The van der Waals surface area contributed by atoms with Gasteiger partial charge in [0.05, 0.1) is 11.5 Å². The molecule has 0 aliphatic carbocycles. The van der Waals surface area contributed by atoms with Crippen LogP contribution in [-0.4, -0.2) is 18.8 Å². The predicted octanol–water partition coefficient (Wildman–Crippen LogP) is 3.50. The Bertz CT molecular complexity index is 628. The van der Waals surface area contributed by atoms with Crippen molar-refractivity contribution in [1.82, 2.24) is 0 Å². The number of hydrogen-bond acceptors (Lipinski definition) is 4. The van der Waals surface area contributed by atoms with Crippen molar-refractivity contribution < 1.29 is 14.4 Å². The van der Waals surface area contributed by atoms with Gasteiger partial charge in [-0.1, -0.05) is 42.5 Å². The van der Waals surface area contributed by atoms with Crippen molar-refractivity contribution in [1.29, 1.82) is 0 Å². The molecule has 0 saturated heterocycles. The SMILES string of the molecule is COCOCc1ccccc1CCc1ccccc1[N+](=O)[O-]. The van der Waals surface area contributed by atoms with Gasteiger partial charge in [0.25, 0.3) is 5.69 Å². The molecule has 0 radical (unpaired) electrons. The molecule has 0 heterocycles. The number of hydrogen-bond donors (Lipinski definition) is 0. The third kappa shape index (κ3) is 4.38. The Morgan fingerprint density at radius 3 is 2.23 bits per heavy atom. The van der Waals surface area contributed by atoms with E-state index in [1.54, 1.807) is 19.2 Å². The average Bonchev–Trinajstić information content (AvgIpc) is 2.54.